The van der Waals surface area contributed by atoms with Crippen molar-refractivity contribution in [2.75, 3.05) is 12.3 Å². The van der Waals surface area contributed by atoms with Crippen molar-refractivity contribution >= 4 is 16.9 Å². The van der Waals surface area contributed by atoms with Gasteiger partial charge in [0.2, 0.25) is 6.23 Å². The number of nitrogens with two attached hydrogens (primary N) is 1. The second-order valence-electron chi connectivity index (χ2n) is 5.27. The normalized spacial score (nSPS) is 20.8. The van der Waals surface area contributed by atoms with Gasteiger partial charge in [0.25, 0.3) is 0 Å². The van der Waals surface area contributed by atoms with Crippen molar-refractivity contribution in [1.29, 1.82) is 0 Å². The summed E-state index contributed by atoms with van der Waals surface area (Å²) in [5.74, 6) is 0.298. The number of aromatic amines is 1. The maximum absolute atomic E-state index is 10.2. The Balaban J connectivity index is 1.91. The number of aliphatic hydroxyl groups excluding tert-OH is 3. The first kappa shape index (κ1) is 14.5. The van der Waals surface area contributed by atoms with Crippen LogP contribution in [0.1, 0.15) is 6.23 Å². The molecule has 3 aromatic rings. The maximum Gasteiger partial charge on any atom is 0.210 e. The lowest BCUT2D eigenvalue weighted by Crippen LogP contribution is -2.22. The summed E-state index contributed by atoms with van der Waals surface area (Å²) in [6.45, 7) is -0.527. The van der Waals surface area contributed by atoms with Gasteiger partial charge in [0.15, 0.2) is 17.6 Å². The van der Waals surface area contributed by atoms with Gasteiger partial charge in [0, 0.05) is 24.2 Å². The van der Waals surface area contributed by atoms with Crippen molar-refractivity contribution in [2.24, 2.45) is 0 Å². The molecule has 24 heavy (non-hydrogen) atoms. The molecule has 1 aliphatic heterocycles. The number of nitrogen functional groups attached to an aromatic ring is 1. The maximum atomic E-state index is 10.2. The first-order valence-electron chi connectivity index (χ1n) is 7.10. The molecule has 3 aromatic heterocycles. The van der Waals surface area contributed by atoms with Crippen LogP contribution in [-0.4, -0.2) is 52.5 Å². The summed E-state index contributed by atoms with van der Waals surface area (Å²) in [5, 5.41) is 29.8. The lowest BCUT2D eigenvalue weighted by Gasteiger charge is -2.17. The van der Waals surface area contributed by atoms with Crippen LogP contribution in [0.15, 0.2) is 36.4 Å². The predicted molar refractivity (Wildman–Crippen MR) is 82.4 cm³/mol. The van der Waals surface area contributed by atoms with Crippen molar-refractivity contribution in [3.05, 3.63) is 36.4 Å². The van der Waals surface area contributed by atoms with Crippen LogP contribution in [0.3, 0.4) is 0 Å². The molecule has 1 aliphatic rings. The van der Waals surface area contributed by atoms with Crippen LogP contribution in [0, 0.1) is 0 Å². The summed E-state index contributed by atoms with van der Waals surface area (Å²) in [6, 6.07) is 0. The van der Waals surface area contributed by atoms with E-state index >= 15 is 0 Å². The molecule has 0 saturated heterocycles. The molecule has 0 radical (unpaired) electrons. The van der Waals surface area contributed by atoms with E-state index in [2.05, 4.69) is 19.9 Å². The Bertz CT molecular complexity index is 932. The number of nitrogens with zero attached hydrogens (tertiary/aromatic N) is 4. The summed E-state index contributed by atoms with van der Waals surface area (Å²) >= 11 is 0. The van der Waals surface area contributed by atoms with E-state index in [9.17, 15) is 15.3 Å². The zero-order chi connectivity index (χ0) is 16.8. The minimum atomic E-state index is -1.34. The predicted octanol–water partition coefficient (Wildman–Crippen LogP) is 0.0552. The first-order chi connectivity index (χ1) is 11.6. The van der Waals surface area contributed by atoms with Crippen LogP contribution >= 0.6 is 0 Å². The molecular formula is C14H14N6O4. The molecule has 4 rings (SSSR count). The van der Waals surface area contributed by atoms with Crippen LogP contribution in [-0.2, 0) is 4.74 Å². The summed E-state index contributed by atoms with van der Waals surface area (Å²) in [6.07, 6.45) is 3.86. The number of rotatable bonds is 3. The molecule has 0 aliphatic carbocycles. The smallest absolute Gasteiger partial charge is 0.210 e. The van der Waals surface area contributed by atoms with Gasteiger partial charge in [0.05, 0.1) is 5.39 Å². The van der Waals surface area contributed by atoms with Gasteiger partial charge in [-0.15, -0.1) is 0 Å². The van der Waals surface area contributed by atoms with Gasteiger partial charge < -0.3 is 30.8 Å². The van der Waals surface area contributed by atoms with E-state index in [0.29, 0.717) is 22.4 Å². The highest BCUT2D eigenvalue weighted by Gasteiger charge is 2.38. The van der Waals surface area contributed by atoms with Gasteiger partial charge in [-0.3, -0.25) is 4.57 Å². The molecule has 1 unspecified atom stereocenters. The number of ether oxygens (including phenoxy) is 1. The van der Waals surface area contributed by atoms with Crippen molar-refractivity contribution < 1.29 is 20.1 Å². The molecule has 0 fully saturated rings. The Morgan fingerprint density at radius 3 is 2.83 bits per heavy atom. The number of fused-ring (bicyclic) bond motifs is 1. The minimum absolute atomic E-state index is 0.0871. The number of nitrogens with one attached hydrogen (secondary N) is 1. The summed E-state index contributed by atoms with van der Waals surface area (Å²) in [7, 11) is 0. The van der Waals surface area contributed by atoms with E-state index in [1.165, 1.54) is 10.9 Å². The zero-order valence-corrected chi connectivity index (χ0v) is 12.3. The van der Waals surface area contributed by atoms with Crippen molar-refractivity contribution in [2.45, 2.75) is 12.3 Å². The molecule has 10 nitrogen and oxygen atoms in total. The molecule has 4 heterocycles. The molecule has 2 atom stereocenters. The number of aromatic nitrogens is 5. The van der Waals surface area contributed by atoms with E-state index in [1.54, 1.807) is 18.6 Å². The van der Waals surface area contributed by atoms with Crippen molar-refractivity contribution in [1.82, 2.24) is 24.5 Å². The van der Waals surface area contributed by atoms with Crippen LogP contribution in [0.5, 0.6) is 0 Å². The quantitative estimate of drug-likeness (QED) is 0.451. The molecule has 124 valence electrons. The fourth-order valence-electron chi connectivity index (χ4n) is 2.79. The van der Waals surface area contributed by atoms with Gasteiger partial charge in [-0.2, -0.15) is 0 Å². The second-order valence-corrected chi connectivity index (χ2v) is 5.27. The van der Waals surface area contributed by atoms with E-state index < -0.39 is 24.7 Å². The third-order valence-electron chi connectivity index (χ3n) is 3.91. The van der Waals surface area contributed by atoms with E-state index in [4.69, 9.17) is 10.5 Å². The first-order valence-corrected chi connectivity index (χ1v) is 7.10. The second kappa shape index (κ2) is 5.22. The molecule has 10 heteroatoms. The van der Waals surface area contributed by atoms with Crippen LogP contribution in [0.4, 0.5) is 5.82 Å². The zero-order valence-electron chi connectivity index (χ0n) is 12.3. The van der Waals surface area contributed by atoms with Crippen LogP contribution < -0.4 is 5.73 Å². The highest BCUT2D eigenvalue weighted by atomic mass is 16.5. The Labute approximate surface area is 134 Å². The fourth-order valence-corrected chi connectivity index (χ4v) is 2.79. The molecule has 0 spiro atoms. The molecular weight excluding hydrogens is 316 g/mol. The largest absolute Gasteiger partial charge is 0.506 e. The van der Waals surface area contributed by atoms with Crippen LogP contribution in [0.2, 0.25) is 0 Å². The Hall–Kier alpha value is -3.11. The Kier molecular flexibility index (Phi) is 3.15. The Morgan fingerprint density at radius 1 is 1.33 bits per heavy atom. The summed E-state index contributed by atoms with van der Waals surface area (Å²) in [4.78, 5) is 15.4. The highest BCUT2D eigenvalue weighted by molar-refractivity contribution is 5.99. The lowest BCUT2D eigenvalue weighted by atomic mass is 10.2. The van der Waals surface area contributed by atoms with Gasteiger partial charge in [-0.25, -0.2) is 15.0 Å². The molecule has 0 amide bonds. The van der Waals surface area contributed by atoms with Gasteiger partial charge in [-0.1, -0.05) is 0 Å². The number of anilines is 1. The number of imidazole rings is 1. The number of aliphatic hydroxyl groups is 3. The van der Waals surface area contributed by atoms with E-state index in [0.717, 1.165) is 0 Å². The van der Waals surface area contributed by atoms with Crippen molar-refractivity contribution in [3.63, 3.8) is 0 Å². The number of hydrogen-bond acceptors (Lipinski definition) is 8. The van der Waals surface area contributed by atoms with E-state index in [1.807, 2.05) is 0 Å². The minimum Gasteiger partial charge on any atom is -0.506 e. The molecule has 0 saturated carbocycles. The van der Waals surface area contributed by atoms with Crippen LogP contribution in [0.25, 0.3) is 22.4 Å². The van der Waals surface area contributed by atoms with Gasteiger partial charge in [-0.05, 0) is 0 Å². The Morgan fingerprint density at radius 2 is 2.17 bits per heavy atom. The summed E-state index contributed by atoms with van der Waals surface area (Å²) < 4.78 is 6.98. The van der Waals surface area contributed by atoms with Gasteiger partial charge >= 0.3 is 0 Å². The van der Waals surface area contributed by atoms with Gasteiger partial charge in [0.1, 0.15) is 30.2 Å². The lowest BCUT2D eigenvalue weighted by molar-refractivity contribution is -0.0116. The number of hydrogen-bond donors (Lipinski definition) is 5. The average Bonchev–Trinajstić information content (AvgIpc) is 3.28. The SMILES string of the molecule is Nc1ncnc2c1c(-c1ncc[nH]1)cn2[C@@H]1OC(CO)=C(O)C1O. The number of H-pyrrole nitrogens is 1. The highest BCUT2D eigenvalue weighted by Crippen LogP contribution is 2.37. The molecule has 0 bridgehead atoms. The average molecular weight is 330 g/mol. The third kappa shape index (κ3) is 1.94. The standard InChI is InChI=1S/C14H14N6O4/c15-11-8-6(12-16-1-2-17-12)3-20(13(8)19-5-18-11)14-10(23)9(22)7(4-21)24-14/h1-3,5,10,14,21-23H,4H2,(H,16,17)(H2,15,18,19)/t10?,14-/m1/s1. The topological polar surface area (TPSA) is 155 Å². The fraction of sp³-hybridized carbons (Fsp3) is 0.214. The van der Waals surface area contributed by atoms with E-state index in [-0.39, 0.29) is 11.6 Å². The third-order valence-corrected chi connectivity index (χ3v) is 3.91. The molecule has 6 N–H and O–H groups in total. The van der Waals surface area contributed by atoms with Crippen molar-refractivity contribution in [3.8, 4) is 11.4 Å². The summed E-state index contributed by atoms with van der Waals surface area (Å²) in [5.41, 5.74) is 7.01. The molecule has 0 aromatic carbocycles. The monoisotopic (exact) mass is 330 g/mol.